The van der Waals surface area contributed by atoms with Gasteiger partial charge < -0.3 is 4.90 Å². The van der Waals surface area contributed by atoms with Gasteiger partial charge in [0.1, 0.15) is 0 Å². The smallest absolute Gasteiger partial charge is 0.0635 e. The zero-order chi connectivity index (χ0) is 11.0. The first-order valence-electron chi connectivity index (χ1n) is 5.30. The van der Waals surface area contributed by atoms with Crippen LogP contribution in [0, 0.1) is 23.2 Å². The fourth-order valence-electron chi connectivity index (χ4n) is 1.36. The fraction of sp³-hybridized carbons (Fsp3) is 0.909. The average molecular weight is 261 g/mol. The summed E-state index contributed by atoms with van der Waals surface area (Å²) in [6.45, 7) is 9.71. The molecule has 0 aliphatic heterocycles. The molecule has 14 heavy (non-hydrogen) atoms. The van der Waals surface area contributed by atoms with Gasteiger partial charge in [-0.2, -0.15) is 5.26 Å². The van der Waals surface area contributed by atoms with Crippen LogP contribution in [0.4, 0.5) is 0 Å². The molecule has 82 valence electrons. The molecule has 0 aliphatic rings. The van der Waals surface area contributed by atoms with Gasteiger partial charge in [-0.05, 0) is 18.4 Å². The zero-order valence-electron chi connectivity index (χ0n) is 9.46. The number of alkyl halides is 1. The molecule has 0 N–H and O–H groups in total. The van der Waals surface area contributed by atoms with E-state index in [1.54, 1.807) is 0 Å². The number of hydrogen-bond acceptors (Lipinski definition) is 2. The van der Waals surface area contributed by atoms with Crippen molar-refractivity contribution < 1.29 is 0 Å². The lowest BCUT2D eigenvalue weighted by Crippen LogP contribution is -2.33. The first kappa shape index (κ1) is 13.9. The highest BCUT2D eigenvalue weighted by molar-refractivity contribution is 9.09. The van der Waals surface area contributed by atoms with Gasteiger partial charge in [0.2, 0.25) is 0 Å². The van der Waals surface area contributed by atoms with Crippen LogP contribution in [-0.4, -0.2) is 29.9 Å². The van der Waals surface area contributed by atoms with Crippen LogP contribution in [0.25, 0.3) is 0 Å². The van der Waals surface area contributed by atoms with Gasteiger partial charge in [-0.15, -0.1) is 0 Å². The Kier molecular flexibility index (Phi) is 8.21. The average Bonchev–Trinajstić information content (AvgIpc) is 2.18. The van der Waals surface area contributed by atoms with Crippen molar-refractivity contribution in [1.82, 2.24) is 4.90 Å². The standard InChI is InChI=1S/C11H21BrN2/c1-4-14(7-5-6-13)9-11(8-12)10(2)3/h10-11H,4-5,7-9H2,1-3H3. The highest BCUT2D eigenvalue weighted by Gasteiger charge is 2.15. The van der Waals surface area contributed by atoms with Crippen molar-refractivity contribution in [3.05, 3.63) is 0 Å². The van der Waals surface area contributed by atoms with Gasteiger partial charge in [0.25, 0.3) is 0 Å². The highest BCUT2D eigenvalue weighted by atomic mass is 79.9. The summed E-state index contributed by atoms with van der Waals surface area (Å²) in [5.41, 5.74) is 0. The van der Waals surface area contributed by atoms with Gasteiger partial charge in [0.15, 0.2) is 0 Å². The van der Waals surface area contributed by atoms with Crippen LogP contribution >= 0.6 is 15.9 Å². The molecular formula is C11H21BrN2. The van der Waals surface area contributed by atoms with E-state index in [1.165, 1.54) is 0 Å². The molecule has 0 saturated heterocycles. The SMILES string of the molecule is CCN(CCC#N)CC(CBr)C(C)C. The molecule has 0 rings (SSSR count). The summed E-state index contributed by atoms with van der Waals surface area (Å²) < 4.78 is 0. The third-order valence-electron chi connectivity index (χ3n) is 2.62. The minimum absolute atomic E-state index is 0.640. The fourth-order valence-corrected chi connectivity index (χ4v) is 2.31. The summed E-state index contributed by atoms with van der Waals surface area (Å²) in [6.07, 6.45) is 0.640. The summed E-state index contributed by atoms with van der Waals surface area (Å²) in [7, 11) is 0. The number of nitrogens with zero attached hydrogens (tertiary/aromatic N) is 2. The molecule has 0 aromatic heterocycles. The van der Waals surface area contributed by atoms with Crippen LogP contribution in [-0.2, 0) is 0 Å². The Balaban J connectivity index is 3.95. The number of halogens is 1. The Morgan fingerprint density at radius 2 is 2.07 bits per heavy atom. The maximum absolute atomic E-state index is 8.53. The Hall–Kier alpha value is -0.0700. The van der Waals surface area contributed by atoms with Crippen LogP contribution in [0.2, 0.25) is 0 Å². The topological polar surface area (TPSA) is 27.0 Å². The van der Waals surface area contributed by atoms with Crippen molar-refractivity contribution in [2.75, 3.05) is 25.0 Å². The number of hydrogen-bond donors (Lipinski definition) is 0. The van der Waals surface area contributed by atoms with E-state index in [2.05, 4.69) is 47.7 Å². The van der Waals surface area contributed by atoms with E-state index >= 15 is 0 Å². The Morgan fingerprint density at radius 3 is 2.43 bits per heavy atom. The molecule has 3 heteroatoms. The van der Waals surface area contributed by atoms with Gasteiger partial charge >= 0.3 is 0 Å². The van der Waals surface area contributed by atoms with Crippen molar-refractivity contribution in [3.63, 3.8) is 0 Å². The van der Waals surface area contributed by atoms with E-state index in [1.807, 2.05) is 0 Å². The lowest BCUT2D eigenvalue weighted by Gasteiger charge is -2.26. The Morgan fingerprint density at radius 1 is 1.43 bits per heavy atom. The van der Waals surface area contributed by atoms with Crippen LogP contribution in [0.15, 0.2) is 0 Å². The van der Waals surface area contributed by atoms with Crippen LogP contribution in [0.1, 0.15) is 27.2 Å². The predicted octanol–water partition coefficient (Wildman–Crippen LogP) is 2.89. The predicted molar refractivity (Wildman–Crippen MR) is 64.5 cm³/mol. The van der Waals surface area contributed by atoms with Crippen LogP contribution in [0.5, 0.6) is 0 Å². The maximum Gasteiger partial charge on any atom is 0.0635 e. The molecule has 0 spiro atoms. The Bertz CT molecular complexity index is 175. The van der Waals surface area contributed by atoms with E-state index in [9.17, 15) is 0 Å². The monoisotopic (exact) mass is 260 g/mol. The van der Waals surface area contributed by atoms with Crippen LogP contribution in [0.3, 0.4) is 0 Å². The van der Waals surface area contributed by atoms with Gasteiger partial charge in [0, 0.05) is 24.8 Å². The van der Waals surface area contributed by atoms with Crippen LogP contribution < -0.4 is 0 Å². The second-order valence-electron chi connectivity index (χ2n) is 3.96. The highest BCUT2D eigenvalue weighted by Crippen LogP contribution is 2.15. The first-order chi connectivity index (χ1) is 6.65. The third kappa shape index (κ3) is 5.62. The summed E-state index contributed by atoms with van der Waals surface area (Å²) in [5, 5.41) is 9.57. The summed E-state index contributed by atoms with van der Waals surface area (Å²) in [6, 6.07) is 2.20. The molecule has 1 atom stereocenters. The van der Waals surface area contributed by atoms with Gasteiger partial charge in [-0.1, -0.05) is 36.7 Å². The molecule has 0 amide bonds. The van der Waals surface area contributed by atoms with E-state index < -0.39 is 0 Å². The second-order valence-corrected chi connectivity index (χ2v) is 4.61. The first-order valence-corrected chi connectivity index (χ1v) is 6.43. The third-order valence-corrected chi connectivity index (χ3v) is 3.45. The molecule has 0 fully saturated rings. The molecular weight excluding hydrogens is 240 g/mol. The molecule has 1 unspecified atom stereocenters. The van der Waals surface area contributed by atoms with Crippen molar-refractivity contribution in [2.24, 2.45) is 11.8 Å². The summed E-state index contributed by atoms with van der Waals surface area (Å²) in [5.74, 6) is 1.39. The summed E-state index contributed by atoms with van der Waals surface area (Å²) >= 11 is 3.55. The van der Waals surface area contributed by atoms with E-state index in [0.717, 1.165) is 25.0 Å². The van der Waals surface area contributed by atoms with Gasteiger partial charge in [0.05, 0.1) is 6.07 Å². The van der Waals surface area contributed by atoms with Gasteiger partial charge in [-0.3, -0.25) is 0 Å². The second kappa shape index (κ2) is 8.26. The normalized spacial score (nSPS) is 13.2. The lowest BCUT2D eigenvalue weighted by molar-refractivity contribution is 0.227. The van der Waals surface area contributed by atoms with Gasteiger partial charge in [-0.25, -0.2) is 0 Å². The maximum atomic E-state index is 8.53. The zero-order valence-corrected chi connectivity index (χ0v) is 11.0. The molecule has 2 nitrogen and oxygen atoms in total. The molecule has 0 aromatic rings. The number of rotatable bonds is 7. The van der Waals surface area contributed by atoms with Crippen molar-refractivity contribution in [2.45, 2.75) is 27.2 Å². The van der Waals surface area contributed by atoms with Crippen molar-refractivity contribution >= 4 is 15.9 Å². The quantitative estimate of drug-likeness (QED) is 0.659. The van der Waals surface area contributed by atoms with E-state index in [4.69, 9.17) is 5.26 Å². The molecule has 0 bridgehead atoms. The molecule has 0 heterocycles. The van der Waals surface area contributed by atoms with Crippen molar-refractivity contribution in [1.29, 1.82) is 5.26 Å². The largest absolute Gasteiger partial charge is 0.302 e. The van der Waals surface area contributed by atoms with E-state index in [0.29, 0.717) is 18.3 Å². The molecule has 0 saturated carbocycles. The lowest BCUT2D eigenvalue weighted by atomic mass is 9.97. The molecule has 0 aliphatic carbocycles. The number of nitriles is 1. The minimum Gasteiger partial charge on any atom is -0.302 e. The van der Waals surface area contributed by atoms with Crippen molar-refractivity contribution in [3.8, 4) is 6.07 Å². The Labute approximate surface area is 96.4 Å². The molecule has 0 aromatic carbocycles. The molecule has 0 radical (unpaired) electrons. The summed E-state index contributed by atoms with van der Waals surface area (Å²) in [4.78, 5) is 2.36. The minimum atomic E-state index is 0.640. The van der Waals surface area contributed by atoms with E-state index in [-0.39, 0.29) is 0 Å².